The maximum absolute atomic E-state index is 12.2. The van der Waals surface area contributed by atoms with E-state index in [9.17, 15) is 4.79 Å². The number of carbonyl (C=O) groups is 1. The fraction of sp³-hybridized carbons (Fsp3) is 0.391. The first-order valence-corrected chi connectivity index (χ1v) is 11.1. The van der Waals surface area contributed by atoms with Gasteiger partial charge in [-0.1, -0.05) is 24.3 Å². The van der Waals surface area contributed by atoms with Crippen LogP contribution < -0.4 is 15.0 Å². The van der Waals surface area contributed by atoms with Crippen LogP contribution >= 0.6 is 11.3 Å². The third kappa shape index (κ3) is 5.34. The van der Waals surface area contributed by atoms with Crippen molar-refractivity contribution in [3.05, 3.63) is 59.1 Å². The second-order valence-electron chi connectivity index (χ2n) is 7.74. The number of hydrogen-bond acceptors (Lipinski definition) is 4. The van der Waals surface area contributed by atoms with Crippen LogP contribution in [0.4, 0.5) is 0 Å². The van der Waals surface area contributed by atoms with E-state index >= 15 is 0 Å². The van der Waals surface area contributed by atoms with Crippen molar-refractivity contribution in [2.24, 2.45) is 0 Å². The Kier molecular flexibility index (Phi) is 6.42. The molecule has 152 valence electrons. The number of benzene rings is 2. The lowest BCUT2D eigenvalue weighted by atomic mass is 9.97. The van der Waals surface area contributed by atoms with Crippen LogP contribution in [-0.2, 0) is 4.79 Å². The monoisotopic (exact) mass is 410 g/mol. The number of nitrogens with zero attached hydrogens (tertiary/aromatic N) is 1. The molecule has 2 aromatic carbocycles. The van der Waals surface area contributed by atoms with E-state index in [0.717, 1.165) is 37.2 Å². The predicted octanol–water partition coefficient (Wildman–Crippen LogP) is 2.56. The minimum Gasteiger partial charge on any atom is -0.492 e. The zero-order chi connectivity index (χ0) is 20.1. The van der Waals surface area contributed by atoms with Crippen LogP contribution in [0.5, 0.6) is 5.75 Å². The highest BCUT2D eigenvalue weighted by Gasteiger charge is 2.26. The summed E-state index contributed by atoms with van der Waals surface area (Å²) in [6.07, 6.45) is 2.19. The van der Waals surface area contributed by atoms with E-state index in [0.29, 0.717) is 25.6 Å². The van der Waals surface area contributed by atoms with Crippen LogP contribution in [0.25, 0.3) is 10.2 Å². The molecule has 1 aliphatic heterocycles. The van der Waals surface area contributed by atoms with Gasteiger partial charge in [0.15, 0.2) is 6.54 Å². The summed E-state index contributed by atoms with van der Waals surface area (Å²) in [4.78, 5) is 18.4. The third-order valence-corrected chi connectivity index (χ3v) is 6.64. The average Bonchev–Trinajstić information content (AvgIpc) is 3.16. The summed E-state index contributed by atoms with van der Waals surface area (Å²) >= 11 is 1.82. The first kappa shape index (κ1) is 19.9. The quantitative estimate of drug-likeness (QED) is 0.589. The summed E-state index contributed by atoms with van der Waals surface area (Å²) in [5, 5.41) is 4.23. The van der Waals surface area contributed by atoms with E-state index in [1.54, 1.807) is 0 Å². The summed E-state index contributed by atoms with van der Waals surface area (Å²) in [5.74, 6) is 1.48. The van der Waals surface area contributed by atoms with Crippen LogP contribution in [0.15, 0.2) is 48.5 Å². The van der Waals surface area contributed by atoms with Gasteiger partial charge in [-0.2, -0.15) is 0 Å². The van der Waals surface area contributed by atoms with Crippen molar-refractivity contribution < 1.29 is 14.4 Å². The molecule has 0 bridgehead atoms. The largest absolute Gasteiger partial charge is 0.492 e. The lowest BCUT2D eigenvalue weighted by molar-refractivity contribution is -0.897. The molecule has 0 radical (unpaired) electrons. The number of fused-ring (bicyclic) bond motifs is 1. The van der Waals surface area contributed by atoms with Crippen molar-refractivity contribution in [3.63, 3.8) is 0 Å². The second kappa shape index (κ2) is 9.37. The number of aromatic nitrogens is 1. The zero-order valence-electron chi connectivity index (χ0n) is 16.8. The number of nitrogens with one attached hydrogen (secondary N) is 2. The fourth-order valence-electron chi connectivity index (χ4n) is 3.87. The van der Waals surface area contributed by atoms with Crippen LogP contribution in [-0.4, -0.2) is 43.7 Å². The lowest BCUT2D eigenvalue weighted by Gasteiger charge is -2.27. The number of thiazole rings is 1. The van der Waals surface area contributed by atoms with Gasteiger partial charge in [-0.15, -0.1) is 11.3 Å². The van der Waals surface area contributed by atoms with Crippen molar-refractivity contribution in [2.45, 2.75) is 25.7 Å². The minimum atomic E-state index is 0.103. The highest BCUT2D eigenvalue weighted by atomic mass is 32.1. The molecule has 2 N–H and O–H groups in total. The maximum atomic E-state index is 12.2. The molecular weight excluding hydrogens is 382 g/mol. The molecular formula is C23H28N3O2S+. The molecule has 0 aliphatic carbocycles. The Bertz CT molecular complexity index is 930. The molecule has 1 fully saturated rings. The van der Waals surface area contributed by atoms with Gasteiger partial charge in [0.25, 0.3) is 5.91 Å². The number of rotatable bonds is 7. The Balaban J connectivity index is 1.17. The van der Waals surface area contributed by atoms with E-state index in [4.69, 9.17) is 9.72 Å². The SMILES string of the molecule is Cc1cccc(OCCNC(=O)C[NH+]2CCC(c3nc4ccccc4s3)CC2)c1. The van der Waals surface area contributed by atoms with Gasteiger partial charge in [0.2, 0.25) is 0 Å². The molecule has 1 saturated heterocycles. The highest BCUT2D eigenvalue weighted by molar-refractivity contribution is 7.18. The summed E-state index contributed by atoms with van der Waals surface area (Å²) in [6.45, 7) is 5.65. The first-order chi connectivity index (χ1) is 14.2. The topological polar surface area (TPSA) is 55.7 Å². The molecule has 0 spiro atoms. The molecule has 0 atom stereocenters. The van der Waals surface area contributed by atoms with Gasteiger partial charge in [-0.3, -0.25) is 4.79 Å². The molecule has 1 aliphatic rings. The molecule has 2 heterocycles. The Hall–Kier alpha value is -2.44. The summed E-state index contributed by atoms with van der Waals surface area (Å²) in [5.41, 5.74) is 2.28. The van der Waals surface area contributed by atoms with E-state index < -0.39 is 0 Å². The van der Waals surface area contributed by atoms with Gasteiger partial charge in [-0.25, -0.2) is 4.98 Å². The van der Waals surface area contributed by atoms with E-state index in [1.165, 1.54) is 20.2 Å². The van der Waals surface area contributed by atoms with Gasteiger partial charge in [0.05, 0.1) is 34.9 Å². The smallest absolute Gasteiger partial charge is 0.275 e. The number of likely N-dealkylation sites (tertiary alicyclic amines) is 1. The van der Waals surface area contributed by atoms with Crippen molar-refractivity contribution in [3.8, 4) is 5.75 Å². The number of carbonyl (C=O) groups excluding carboxylic acids is 1. The molecule has 5 nitrogen and oxygen atoms in total. The van der Waals surface area contributed by atoms with E-state index in [2.05, 4.69) is 23.5 Å². The molecule has 0 unspecified atom stereocenters. The van der Waals surface area contributed by atoms with Crippen LogP contribution in [0.3, 0.4) is 0 Å². The number of amides is 1. The first-order valence-electron chi connectivity index (χ1n) is 10.3. The molecule has 1 aromatic heterocycles. The van der Waals surface area contributed by atoms with Gasteiger partial charge < -0.3 is 15.0 Å². The van der Waals surface area contributed by atoms with Crippen LogP contribution in [0, 0.1) is 6.92 Å². The third-order valence-electron chi connectivity index (χ3n) is 5.45. The van der Waals surface area contributed by atoms with Crippen molar-refractivity contribution in [2.75, 3.05) is 32.8 Å². The molecule has 6 heteroatoms. The Morgan fingerprint density at radius 2 is 2.03 bits per heavy atom. The van der Waals surface area contributed by atoms with Gasteiger partial charge in [-0.05, 0) is 36.8 Å². The second-order valence-corrected chi connectivity index (χ2v) is 8.80. The van der Waals surface area contributed by atoms with Gasteiger partial charge in [0, 0.05) is 18.8 Å². The summed E-state index contributed by atoms with van der Waals surface area (Å²) in [6, 6.07) is 16.3. The van der Waals surface area contributed by atoms with Gasteiger partial charge >= 0.3 is 0 Å². The summed E-state index contributed by atoms with van der Waals surface area (Å²) in [7, 11) is 0. The fourth-order valence-corrected chi connectivity index (χ4v) is 5.00. The van der Waals surface area contributed by atoms with Gasteiger partial charge in [0.1, 0.15) is 12.4 Å². The minimum absolute atomic E-state index is 0.103. The number of hydrogen-bond donors (Lipinski definition) is 2. The number of para-hydroxylation sites is 1. The average molecular weight is 411 g/mol. The molecule has 29 heavy (non-hydrogen) atoms. The lowest BCUT2D eigenvalue weighted by Crippen LogP contribution is -3.14. The maximum Gasteiger partial charge on any atom is 0.275 e. The number of aryl methyl sites for hydroxylation is 1. The zero-order valence-corrected chi connectivity index (χ0v) is 17.6. The molecule has 3 aromatic rings. The molecule has 0 saturated carbocycles. The Morgan fingerprint density at radius 1 is 1.21 bits per heavy atom. The summed E-state index contributed by atoms with van der Waals surface area (Å²) < 4.78 is 6.96. The Morgan fingerprint density at radius 3 is 2.83 bits per heavy atom. The number of quaternary nitrogens is 1. The highest BCUT2D eigenvalue weighted by Crippen LogP contribution is 2.31. The molecule has 1 amide bonds. The normalized spacial score (nSPS) is 19.2. The van der Waals surface area contributed by atoms with Crippen LogP contribution in [0.1, 0.15) is 29.3 Å². The van der Waals surface area contributed by atoms with E-state index in [-0.39, 0.29) is 5.91 Å². The number of ether oxygens (including phenoxy) is 1. The Labute approximate surface area is 175 Å². The van der Waals surface area contributed by atoms with E-state index in [1.807, 2.05) is 48.6 Å². The van der Waals surface area contributed by atoms with Crippen molar-refractivity contribution >= 4 is 27.5 Å². The van der Waals surface area contributed by atoms with Crippen molar-refractivity contribution in [1.82, 2.24) is 10.3 Å². The van der Waals surface area contributed by atoms with Crippen molar-refractivity contribution in [1.29, 1.82) is 0 Å². The van der Waals surface area contributed by atoms with Crippen LogP contribution in [0.2, 0.25) is 0 Å². The molecule has 4 rings (SSSR count). The predicted molar refractivity (Wildman–Crippen MR) is 117 cm³/mol. The number of piperidine rings is 1. The standard InChI is InChI=1S/C23H27N3O2S/c1-17-5-4-6-19(15-17)28-14-11-24-22(27)16-26-12-9-18(10-13-26)23-25-20-7-2-3-8-21(20)29-23/h2-8,15,18H,9-14,16H2,1H3,(H,24,27)/p+1.